The van der Waals surface area contributed by atoms with Crippen LogP contribution in [0.15, 0.2) is 36.8 Å². The van der Waals surface area contributed by atoms with Gasteiger partial charge in [-0.05, 0) is 18.1 Å². The molecule has 21 heavy (non-hydrogen) atoms. The van der Waals surface area contributed by atoms with E-state index in [0.29, 0.717) is 24.0 Å². The molecule has 108 valence electrons. The molecule has 0 radical (unpaired) electrons. The lowest BCUT2D eigenvalue weighted by Crippen LogP contribution is -2.04. The number of nitrogens with zero attached hydrogens (tertiary/aromatic N) is 4. The number of fused-ring (bicyclic) bond motifs is 1. The molecule has 0 fully saturated rings. The van der Waals surface area contributed by atoms with Crippen molar-refractivity contribution in [1.82, 2.24) is 19.5 Å². The molecule has 3 aromatic rings. The van der Waals surface area contributed by atoms with E-state index in [-0.39, 0.29) is 0 Å². The van der Waals surface area contributed by atoms with Crippen LogP contribution in [0.2, 0.25) is 0 Å². The van der Waals surface area contributed by atoms with E-state index in [0.717, 1.165) is 16.8 Å². The molecule has 0 atom stereocenters. The summed E-state index contributed by atoms with van der Waals surface area (Å²) >= 11 is 0. The second kappa shape index (κ2) is 5.52. The fraction of sp³-hybridized carbons (Fsp3) is 0.312. The van der Waals surface area contributed by atoms with Crippen molar-refractivity contribution in [1.29, 1.82) is 0 Å². The zero-order valence-corrected chi connectivity index (χ0v) is 12.4. The molecule has 5 heteroatoms. The van der Waals surface area contributed by atoms with Crippen LogP contribution in [-0.4, -0.2) is 26.1 Å². The van der Waals surface area contributed by atoms with Gasteiger partial charge in [0.2, 0.25) is 0 Å². The van der Waals surface area contributed by atoms with Gasteiger partial charge in [-0.3, -0.25) is 0 Å². The third kappa shape index (κ3) is 2.86. The van der Waals surface area contributed by atoms with Crippen molar-refractivity contribution >= 4 is 11.2 Å². The first-order chi connectivity index (χ1) is 10.1. The number of rotatable bonds is 4. The molecule has 0 saturated carbocycles. The smallest absolute Gasteiger partial charge is 0.181 e. The van der Waals surface area contributed by atoms with Crippen LogP contribution in [0.5, 0.6) is 5.75 Å². The Morgan fingerprint density at radius 3 is 2.90 bits per heavy atom. The van der Waals surface area contributed by atoms with Crippen molar-refractivity contribution in [3.8, 4) is 17.1 Å². The lowest BCUT2D eigenvalue weighted by atomic mass is 10.2. The zero-order valence-electron chi connectivity index (χ0n) is 12.4. The van der Waals surface area contributed by atoms with E-state index in [9.17, 15) is 0 Å². The van der Waals surface area contributed by atoms with Gasteiger partial charge in [-0.2, -0.15) is 0 Å². The predicted molar refractivity (Wildman–Crippen MR) is 82.1 cm³/mol. The molecule has 0 aliphatic rings. The van der Waals surface area contributed by atoms with Crippen LogP contribution in [0.3, 0.4) is 0 Å². The van der Waals surface area contributed by atoms with Crippen molar-refractivity contribution in [3.63, 3.8) is 0 Å². The molecule has 2 heterocycles. The predicted octanol–water partition coefficient (Wildman–Crippen LogP) is 3.07. The Balaban J connectivity index is 1.92. The topological polar surface area (TPSA) is 52.8 Å². The van der Waals surface area contributed by atoms with E-state index < -0.39 is 0 Å². The average Bonchev–Trinajstić information content (AvgIpc) is 2.86. The maximum atomic E-state index is 5.75. The number of aryl methyl sites for hydroxylation is 1. The van der Waals surface area contributed by atoms with Crippen LogP contribution in [0.25, 0.3) is 22.6 Å². The van der Waals surface area contributed by atoms with E-state index >= 15 is 0 Å². The largest absolute Gasteiger partial charge is 0.493 e. The van der Waals surface area contributed by atoms with Crippen LogP contribution >= 0.6 is 0 Å². The van der Waals surface area contributed by atoms with Gasteiger partial charge in [-0.25, -0.2) is 15.0 Å². The lowest BCUT2D eigenvalue weighted by molar-refractivity contribution is 0.271. The summed E-state index contributed by atoms with van der Waals surface area (Å²) in [5.74, 6) is 2.00. The maximum absolute atomic E-state index is 5.75. The second-order valence-corrected chi connectivity index (χ2v) is 5.49. The highest BCUT2D eigenvalue weighted by molar-refractivity contribution is 5.72. The SMILES string of the molecule is CC(C)COc1cccc(-c2ncc3c(ncn3C)n2)c1. The van der Waals surface area contributed by atoms with Crippen LogP contribution in [-0.2, 0) is 7.05 Å². The molecule has 0 N–H and O–H groups in total. The summed E-state index contributed by atoms with van der Waals surface area (Å²) in [7, 11) is 1.93. The number of aromatic nitrogens is 4. The lowest BCUT2D eigenvalue weighted by Gasteiger charge is -2.09. The highest BCUT2D eigenvalue weighted by Gasteiger charge is 2.07. The molecule has 0 aliphatic carbocycles. The standard InChI is InChI=1S/C16H18N4O/c1-11(2)9-21-13-6-4-5-12(7-13)15-17-8-14-16(19-15)18-10-20(14)3/h4-8,10-11H,9H2,1-3H3. The van der Waals surface area contributed by atoms with Crippen molar-refractivity contribution in [3.05, 3.63) is 36.8 Å². The highest BCUT2D eigenvalue weighted by atomic mass is 16.5. The van der Waals surface area contributed by atoms with Crippen molar-refractivity contribution in [2.75, 3.05) is 6.61 Å². The van der Waals surface area contributed by atoms with E-state index in [1.54, 1.807) is 12.5 Å². The minimum Gasteiger partial charge on any atom is -0.493 e. The first-order valence-electron chi connectivity index (χ1n) is 7.01. The fourth-order valence-electron chi connectivity index (χ4n) is 2.04. The average molecular weight is 282 g/mol. The Morgan fingerprint density at radius 1 is 1.24 bits per heavy atom. The van der Waals surface area contributed by atoms with Crippen molar-refractivity contribution < 1.29 is 4.74 Å². The Bertz CT molecular complexity index is 764. The molecular weight excluding hydrogens is 264 g/mol. The first-order valence-corrected chi connectivity index (χ1v) is 7.01. The molecular formula is C16H18N4O. The third-order valence-corrected chi connectivity index (χ3v) is 3.16. The Morgan fingerprint density at radius 2 is 2.10 bits per heavy atom. The summed E-state index contributed by atoms with van der Waals surface area (Å²) in [5, 5.41) is 0. The Hall–Kier alpha value is -2.43. The summed E-state index contributed by atoms with van der Waals surface area (Å²) in [4.78, 5) is 13.2. The molecule has 2 aromatic heterocycles. The van der Waals surface area contributed by atoms with Gasteiger partial charge >= 0.3 is 0 Å². The molecule has 5 nitrogen and oxygen atoms in total. The first kappa shape index (κ1) is 13.5. The molecule has 0 bridgehead atoms. The number of hydrogen-bond acceptors (Lipinski definition) is 4. The number of ether oxygens (including phenoxy) is 1. The van der Waals surface area contributed by atoms with E-state index in [2.05, 4.69) is 28.8 Å². The fourth-order valence-corrected chi connectivity index (χ4v) is 2.04. The summed E-state index contributed by atoms with van der Waals surface area (Å²) in [6.45, 7) is 4.95. The summed E-state index contributed by atoms with van der Waals surface area (Å²) in [6, 6.07) is 7.85. The Kier molecular flexibility index (Phi) is 3.56. The van der Waals surface area contributed by atoms with Crippen LogP contribution in [0.4, 0.5) is 0 Å². The van der Waals surface area contributed by atoms with Crippen LogP contribution in [0, 0.1) is 5.92 Å². The number of imidazole rings is 1. The molecule has 1 aromatic carbocycles. The number of benzene rings is 1. The number of hydrogen-bond donors (Lipinski definition) is 0. The van der Waals surface area contributed by atoms with Crippen molar-refractivity contribution in [2.45, 2.75) is 13.8 Å². The van der Waals surface area contributed by atoms with Gasteiger partial charge in [-0.15, -0.1) is 0 Å². The van der Waals surface area contributed by atoms with Crippen molar-refractivity contribution in [2.24, 2.45) is 13.0 Å². The van der Waals surface area contributed by atoms with Gasteiger partial charge in [0.15, 0.2) is 11.5 Å². The zero-order chi connectivity index (χ0) is 14.8. The van der Waals surface area contributed by atoms with Gasteiger partial charge in [0, 0.05) is 12.6 Å². The van der Waals surface area contributed by atoms with Crippen LogP contribution < -0.4 is 4.74 Å². The maximum Gasteiger partial charge on any atom is 0.181 e. The summed E-state index contributed by atoms with van der Waals surface area (Å²) < 4.78 is 7.65. The van der Waals surface area contributed by atoms with Gasteiger partial charge < -0.3 is 9.30 Å². The molecule has 0 saturated heterocycles. The summed E-state index contributed by atoms with van der Waals surface area (Å²) in [5.41, 5.74) is 2.56. The Labute approximate surface area is 123 Å². The van der Waals surface area contributed by atoms with Gasteiger partial charge in [-0.1, -0.05) is 26.0 Å². The molecule has 3 rings (SSSR count). The summed E-state index contributed by atoms with van der Waals surface area (Å²) in [6.07, 6.45) is 3.54. The minimum absolute atomic E-state index is 0.495. The molecule has 0 unspecified atom stereocenters. The molecule has 0 aliphatic heterocycles. The minimum atomic E-state index is 0.495. The molecule has 0 spiro atoms. The third-order valence-electron chi connectivity index (χ3n) is 3.16. The quantitative estimate of drug-likeness (QED) is 0.738. The van der Waals surface area contributed by atoms with E-state index in [4.69, 9.17) is 4.74 Å². The van der Waals surface area contributed by atoms with Crippen LogP contribution in [0.1, 0.15) is 13.8 Å². The van der Waals surface area contributed by atoms with E-state index in [1.807, 2.05) is 35.9 Å². The normalized spacial score (nSPS) is 11.2. The van der Waals surface area contributed by atoms with Gasteiger partial charge in [0.1, 0.15) is 11.3 Å². The van der Waals surface area contributed by atoms with Gasteiger partial charge in [0.25, 0.3) is 0 Å². The highest BCUT2D eigenvalue weighted by Crippen LogP contribution is 2.22. The van der Waals surface area contributed by atoms with Gasteiger partial charge in [0.05, 0.1) is 19.1 Å². The monoisotopic (exact) mass is 282 g/mol. The molecule has 0 amide bonds. The second-order valence-electron chi connectivity index (χ2n) is 5.49. The van der Waals surface area contributed by atoms with E-state index in [1.165, 1.54) is 0 Å².